The Bertz CT molecular complexity index is 489. The van der Waals surface area contributed by atoms with E-state index in [-0.39, 0.29) is 13.2 Å². The standard InChI is InChI=1S/C16H18O2/c17-11-9-13-5-7-15(8-6-13)16-4-2-1-3-14(16)10-12-18/h1-8,17-18H,9-12H2. The number of aliphatic hydroxyl groups is 2. The van der Waals surface area contributed by atoms with Crippen molar-refractivity contribution in [2.24, 2.45) is 0 Å². The Hall–Kier alpha value is -1.64. The largest absolute Gasteiger partial charge is 0.396 e. The molecule has 0 aliphatic heterocycles. The van der Waals surface area contributed by atoms with E-state index in [9.17, 15) is 0 Å². The van der Waals surface area contributed by atoms with Crippen LogP contribution in [0.5, 0.6) is 0 Å². The second kappa shape index (κ2) is 6.34. The molecule has 0 aliphatic carbocycles. The van der Waals surface area contributed by atoms with E-state index in [1.165, 1.54) is 5.56 Å². The smallest absolute Gasteiger partial charge is 0.0471 e. The minimum atomic E-state index is 0.166. The third-order valence-corrected chi connectivity index (χ3v) is 3.06. The summed E-state index contributed by atoms with van der Waals surface area (Å²) in [5.74, 6) is 0. The van der Waals surface area contributed by atoms with Crippen LogP contribution in [0, 0.1) is 0 Å². The van der Waals surface area contributed by atoms with E-state index in [4.69, 9.17) is 10.2 Å². The fraction of sp³-hybridized carbons (Fsp3) is 0.250. The Kier molecular flexibility index (Phi) is 4.51. The molecule has 0 atom stereocenters. The zero-order valence-corrected chi connectivity index (χ0v) is 10.3. The molecule has 0 bridgehead atoms. The van der Waals surface area contributed by atoms with E-state index in [1.807, 2.05) is 30.3 Å². The maximum Gasteiger partial charge on any atom is 0.0471 e. The molecule has 0 heterocycles. The summed E-state index contributed by atoms with van der Waals surface area (Å²) < 4.78 is 0. The summed E-state index contributed by atoms with van der Waals surface area (Å²) >= 11 is 0. The van der Waals surface area contributed by atoms with Gasteiger partial charge in [-0.3, -0.25) is 0 Å². The zero-order valence-electron chi connectivity index (χ0n) is 10.3. The highest BCUT2D eigenvalue weighted by atomic mass is 16.3. The van der Waals surface area contributed by atoms with Gasteiger partial charge in [0.1, 0.15) is 0 Å². The third kappa shape index (κ3) is 2.97. The Labute approximate surface area is 108 Å². The topological polar surface area (TPSA) is 40.5 Å². The van der Waals surface area contributed by atoms with Crippen molar-refractivity contribution in [1.82, 2.24) is 0 Å². The predicted octanol–water partition coefficient (Wildman–Crippen LogP) is 2.42. The quantitative estimate of drug-likeness (QED) is 0.845. The molecule has 0 saturated heterocycles. The maximum atomic E-state index is 9.08. The molecule has 0 spiro atoms. The third-order valence-electron chi connectivity index (χ3n) is 3.06. The molecule has 0 unspecified atom stereocenters. The van der Waals surface area contributed by atoms with Crippen LogP contribution in [0.1, 0.15) is 11.1 Å². The summed E-state index contributed by atoms with van der Waals surface area (Å²) in [6, 6.07) is 16.4. The number of hydrogen-bond acceptors (Lipinski definition) is 2. The van der Waals surface area contributed by atoms with Crippen LogP contribution in [0.25, 0.3) is 11.1 Å². The molecule has 0 saturated carbocycles. The monoisotopic (exact) mass is 242 g/mol. The lowest BCUT2D eigenvalue weighted by Crippen LogP contribution is -1.94. The van der Waals surface area contributed by atoms with Gasteiger partial charge in [-0.25, -0.2) is 0 Å². The van der Waals surface area contributed by atoms with E-state index in [2.05, 4.69) is 18.2 Å². The predicted molar refractivity (Wildman–Crippen MR) is 73.5 cm³/mol. The highest BCUT2D eigenvalue weighted by Crippen LogP contribution is 2.24. The van der Waals surface area contributed by atoms with Crippen molar-refractivity contribution in [3.8, 4) is 11.1 Å². The Balaban J connectivity index is 2.30. The Morgan fingerprint density at radius 1 is 0.722 bits per heavy atom. The average Bonchev–Trinajstić information content (AvgIpc) is 2.41. The number of rotatable bonds is 5. The molecular formula is C16H18O2. The minimum absolute atomic E-state index is 0.166. The molecule has 0 aromatic heterocycles. The van der Waals surface area contributed by atoms with Gasteiger partial charge >= 0.3 is 0 Å². The van der Waals surface area contributed by atoms with Gasteiger partial charge in [-0.1, -0.05) is 48.5 Å². The average molecular weight is 242 g/mol. The van der Waals surface area contributed by atoms with E-state index < -0.39 is 0 Å². The van der Waals surface area contributed by atoms with Gasteiger partial charge in [0.25, 0.3) is 0 Å². The van der Waals surface area contributed by atoms with Crippen LogP contribution in [0.2, 0.25) is 0 Å². The molecular weight excluding hydrogens is 224 g/mol. The van der Waals surface area contributed by atoms with Crippen LogP contribution in [0.15, 0.2) is 48.5 Å². The molecule has 18 heavy (non-hydrogen) atoms. The van der Waals surface area contributed by atoms with E-state index in [0.29, 0.717) is 12.8 Å². The Morgan fingerprint density at radius 2 is 1.39 bits per heavy atom. The lowest BCUT2D eigenvalue weighted by atomic mass is 9.97. The molecule has 2 aromatic rings. The first-order valence-electron chi connectivity index (χ1n) is 6.24. The van der Waals surface area contributed by atoms with E-state index in [0.717, 1.165) is 16.7 Å². The van der Waals surface area contributed by atoms with Crippen molar-refractivity contribution in [2.45, 2.75) is 12.8 Å². The van der Waals surface area contributed by atoms with E-state index >= 15 is 0 Å². The fourth-order valence-electron chi connectivity index (χ4n) is 2.12. The molecule has 0 radical (unpaired) electrons. The van der Waals surface area contributed by atoms with Crippen molar-refractivity contribution in [2.75, 3.05) is 13.2 Å². The normalized spacial score (nSPS) is 10.6. The van der Waals surface area contributed by atoms with Gasteiger partial charge in [-0.05, 0) is 35.1 Å². The van der Waals surface area contributed by atoms with Crippen LogP contribution in [0.3, 0.4) is 0 Å². The van der Waals surface area contributed by atoms with Crippen LogP contribution < -0.4 is 0 Å². The fourth-order valence-corrected chi connectivity index (χ4v) is 2.12. The first-order chi connectivity index (χ1) is 8.85. The van der Waals surface area contributed by atoms with Crippen molar-refractivity contribution in [1.29, 1.82) is 0 Å². The van der Waals surface area contributed by atoms with Gasteiger partial charge in [0.05, 0.1) is 0 Å². The lowest BCUT2D eigenvalue weighted by molar-refractivity contribution is 0.299. The zero-order chi connectivity index (χ0) is 12.8. The summed E-state index contributed by atoms with van der Waals surface area (Å²) in [6.07, 6.45) is 1.37. The summed E-state index contributed by atoms with van der Waals surface area (Å²) in [6.45, 7) is 0.347. The highest BCUT2D eigenvalue weighted by molar-refractivity contribution is 5.67. The SMILES string of the molecule is OCCc1ccc(-c2ccccc2CCO)cc1. The highest BCUT2D eigenvalue weighted by Gasteiger charge is 2.04. The number of aliphatic hydroxyl groups excluding tert-OH is 2. The Morgan fingerprint density at radius 3 is 2.06 bits per heavy atom. The molecule has 2 aromatic carbocycles. The molecule has 2 rings (SSSR count). The lowest BCUT2D eigenvalue weighted by Gasteiger charge is -2.09. The first-order valence-corrected chi connectivity index (χ1v) is 6.24. The van der Waals surface area contributed by atoms with Crippen LogP contribution in [0.4, 0.5) is 0 Å². The molecule has 0 fully saturated rings. The minimum Gasteiger partial charge on any atom is -0.396 e. The van der Waals surface area contributed by atoms with Gasteiger partial charge < -0.3 is 10.2 Å². The maximum absolute atomic E-state index is 9.08. The second-order valence-corrected chi connectivity index (χ2v) is 4.30. The van der Waals surface area contributed by atoms with Gasteiger partial charge in [0.15, 0.2) is 0 Å². The van der Waals surface area contributed by atoms with Gasteiger partial charge in [-0.15, -0.1) is 0 Å². The molecule has 2 N–H and O–H groups in total. The van der Waals surface area contributed by atoms with Crippen LogP contribution in [-0.4, -0.2) is 23.4 Å². The number of benzene rings is 2. The summed E-state index contributed by atoms with van der Waals surface area (Å²) in [7, 11) is 0. The number of hydrogen-bond donors (Lipinski definition) is 2. The van der Waals surface area contributed by atoms with Crippen molar-refractivity contribution < 1.29 is 10.2 Å². The molecule has 94 valence electrons. The summed E-state index contributed by atoms with van der Waals surface area (Å²) in [5.41, 5.74) is 4.62. The van der Waals surface area contributed by atoms with Gasteiger partial charge in [0.2, 0.25) is 0 Å². The van der Waals surface area contributed by atoms with Crippen molar-refractivity contribution >= 4 is 0 Å². The summed E-state index contributed by atoms with van der Waals surface area (Å²) in [4.78, 5) is 0. The molecule has 2 nitrogen and oxygen atoms in total. The first kappa shape index (κ1) is 12.8. The van der Waals surface area contributed by atoms with Crippen molar-refractivity contribution in [3.05, 3.63) is 59.7 Å². The van der Waals surface area contributed by atoms with Gasteiger partial charge in [0, 0.05) is 13.2 Å². The van der Waals surface area contributed by atoms with E-state index in [1.54, 1.807) is 0 Å². The molecule has 0 aliphatic rings. The van der Waals surface area contributed by atoms with Gasteiger partial charge in [-0.2, -0.15) is 0 Å². The second-order valence-electron chi connectivity index (χ2n) is 4.30. The summed E-state index contributed by atoms with van der Waals surface area (Å²) in [5, 5.41) is 18.0. The molecule has 2 heteroatoms. The van der Waals surface area contributed by atoms with Crippen molar-refractivity contribution in [3.63, 3.8) is 0 Å². The van der Waals surface area contributed by atoms with Crippen LogP contribution >= 0.6 is 0 Å². The van der Waals surface area contributed by atoms with Crippen LogP contribution in [-0.2, 0) is 12.8 Å². The molecule has 0 amide bonds.